The van der Waals surface area contributed by atoms with E-state index in [1.54, 1.807) is 12.1 Å². The molecule has 0 radical (unpaired) electrons. The maximum absolute atomic E-state index is 13.6. The first-order valence-electron chi connectivity index (χ1n) is 8.48. The van der Waals surface area contributed by atoms with Crippen molar-refractivity contribution in [3.05, 3.63) is 65.3 Å². The molecule has 2 aromatic heterocycles. The van der Waals surface area contributed by atoms with E-state index in [4.69, 9.17) is 0 Å². The van der Waals surface area contributed by atoms with E-state index in [9.17, 15) is 22.8 Å². The van der Waals surface area contributed by atoms with Crippen molar-refractivity contribution in [1.29, 1.82) is 0 Å². The number of amides is 2. The first kappa shape index (κ1) is 19.6. The molecule has 2 N–H and O–H groups in total. The second-order valence-corrected chi connectivity index (χ2v) is 6.95. The van der Waals surface area contributed by atoms with Crippen molar-refractivity contribution in [2.75, 3.05) is 0 Å². The summed E-state index contributed by atoms with van der Waals surface area (Å²) < 4.78 is 41.6. The molecular formula is C19H12F3N5O2S. The highest BCUT2D eigenvalue weighted by molar-refractivity contribution is 7.12. The summed E-state index contributed by atoms with van der Waals surface area (Å²) >= 11 is 0.818. The molecule has 0 saturated carbocycles. The van der Waals surface area contributed by atoms with Gasteiger partial charge in [0.2, 0.25) is 11.5 Å². The molecule has 0 saturated heterocycles. The third kappa shape index (κ3) is 3.74. The minimum absolute atomic E-state index is 0.122. The quantitative estimate of drug-likeness (QED) is 0.374. The molecule has 4 rings (SSSR count). The maximum atomic E-state index is 13.6. The molecule has 0 aliphatic heterocycles. The first-order chi connectivity index (χ1) is 14.4. The van der Waals surface area contributed by atoms with Crippen LogP contribution in [0.5, 0.6) is 0 Å². The van der Waals surface area contributed by atoms with Crippen LogP contribution in [-0.2, 0) is 11.0 Å². The highest BCUT2D eigenvalue weighted by Gasteiger charge is 2.37. The second-order valence-electron chi connectivity index (χ2n) is 6.12. The molecule has 2 aromatic carbocycles. The molecule has 0 aliphatic rings. The largest absolute Gasteiger partial charge is 0.433 e. The number of benzene rings is 2. The summed E-state index contributed by atoms with van der Waals surface area (Å²) in [5.41, 5.74) is 3.47. The normalized spacial score (nSPS) is 11.4. The van der Waals surface area contributed by atoms with Crippen molar-refractivity contribution >= 4 is 34.4 Å². The molecule has 11 heteroatoms. The average molecular weight is 431 g/mol. The highest BCUT2D eigenvalue weighted by atomic mass is 32.1. The van der Waals surface area contributed by atoms with Crippen LogP contribution in [0.4, 0.5) is 13.2 Å². The fraction of sp³-hybridized carbons (Fsp3) is 0.0526. The predicted molar refractivity (Wildman–Crippen MR) is 104 cm³/mol. The van der Waals surface area contributed by atoms with Crippen LogP contribution in [0, 0.1) is 0 Å². The Morgan fingerprint density at radius 1 is 1.10 bits per heavy atom. The van der Waals surface area contributed by atoms with E-state index in [-0.39, 0.29) is 22.9 Å². The van der Waals surface area contributed by atoms with Gasteiger partial charge in [-0.25, -0.2) is 9.67 Å². The number of halogens is 3. The van der Waals surface area contributed by atoms with Gasteiger partial charge >= 0.3 is 6.18 Å². The Labute approximate surface area is 171 Å². The molecule has 7 nitrogen and oxygen atoms in total. The third-order valence-electron chi connectivity index (χ3n) is 4.20. The van der Waals surface area contributed by atoms with Crippen molar-refractivity contribution in [3.63, 3.8) is 0 Å². The summed E-state index contributed by atoms with van der Waals surface area (Å²) in [5, 5.41) is 7.06. The fourth-order valence-corrected chi connectivity index (χ4v) is 3.61. The molecule has 152 valence electrons. The van der Waals surface area contributed by atoms with Crippen LogP contribution in [0.1, 0.15) is 16.2 Å². The van der Waals surface area contributed by atoms with Gasteiger partial charge in [0.05, 0.1) is 5.69 Å². The number of carbonyl (C=O) groups is 2. The van der Waals surface area contributed by atoms with Crippen molar-refractivity contribution in [2.45, 2.75) is 6.18 Å². The Kier molecular flexibility index (Phi) is 4.96. The smallest absolute Gasteiger partial charge is 0.277 e. The van der Waals surface area contributed by atoms with Gasteiger partial charge in [-0.2, -0.15) is 18.3 Å². The number of fused-ring (bicyclic) bond motifs is 1. The number of hydrogen-bond acceptors (Lipinski definition) is 5. The molecule has 0 spiro atoms. The average Bonchev–Trinajstić information content (AvgIpc) is 3.38. The summed E-state index contributed by atoms with van der Waals surface area (Å²) in [6.07, 6.45) is -4.44. The lowest BCUT2D eigenvalue weighted by Crippen LogP contribution is -2.36. The topological polar surface area (TPSA) is 88.9 Å². The molecule has 0 unspecified atom stereocenters. The molecule has 30 heavy (non-hydrogen) atoms. The number of rotatable bonds is 5. The predicted octanol–water partition coefficient (Wildman–Crippen LogP) is 3.56. The Morgan fingerprint density at radius 2 is 1.87 bits per heavy atom. The molecule has 0 aliphatic carbocycles. The molecule has 2 amide bonds. The highest BCUT2D eigenvalue weighted by Crippen LogP contribution is 2.35. The zero-order chi connectivity index (χ0) is 21.3. The molecule has 0 bridgehead atoms. The van der Waals surface area contributed by atoms with E-state index in [2.05, 4.69) is 10.1 Å². The van der Waals surface area contributed by atoms with Crippen LogP contribution in [0.15, 0.2) is 53.9 Å². The molecular weight excluding hydrogens is 419 g/mol. The lowest BCUT2D eigenvalue weighted by atomic mass is 10.1. The van der Waals surface area contributed by atoms with Gasteiger partial charge in [-0.3, -0.25) is 20.4 Å². The van der Waals surface area contributed by atoms with Crippen LogP contribution in [-0.4, -0.2) is 27.1 Å². The van der Waals surface area contributed by atoms with Crippen LogP contribution < -0.4 is 10.9 Å². The van der Waals surface area contributed by atoms with E-state index >= 15 is 0 Å². The van der Waals surface area contributed by atoms with Crippen molar-refractivity contribution in [2.24, 2.45) is 0 Å². The number of nitrogens with zero attached hydrogens (tertiary/aromatic N) is 3. The summed E-state index contributed by atoms with van der Waals surface area (Å²) in [5.74, 6) is -0.764. The summed E-state index contributed by atoms with van der Waals surface area (Å²) in [4.78, 5) is 26.0. The Bertz CT molecular complexity index is 1250. The van der Waals surface area contributed by atoms with E-state index < -0.39 is 17.8 Å². The fourth-order valence-electron chi connectivity index (χ4n) is 2.84. The zero-order valence-corrected chi connectivity index (χ0v) is 15.8. The monoisotopic (exact) mass is 431 g/mol. The second kappa shape index (κ2) is 7.59. The lowest BCUT2D eigenvalue weighted by Gasteiger charge is -2.07. The Balaban J connectivity index is 1.76. The maximum Gasteiger partial charge on any atom is 0.433 e. The third-order valence-corrected chi connectivity index (χ3v) is 5.01. The van der Waals surface area contributed by atoms with Crippen LogP contribution in [0.25, 0.3) is 27.2 Å². The van der Waals surface area contributed by atoms with Gasteiger partial charge < -0.3 is 0 Å². The summed E-state index contributed by atoms with van der Waals surface area (Å²) in [6, 6.07) is 13.7. The zero-order valence-electron chi connectivity index (χ0n) is 15.0. The Morgan fingerprint density at radius 3 is 2.60 bits per heavy atom. The summed E-state index contributed by atoms with van der Waals surface area (Å²) in [6.45, 7) is 0. The van der Waals surface area contributed by atoms with Crippen molar-refractivity contribution in [3.8, 4) is 16.4 Å². The van der Waals surface area contributed by atoms with E-state index in [1.165, 1.54) is 5.38 Å². The molecule has 2 heterocycles. The number of hydrogen-bond donors (Lipinski definition) is 2. The van der Waals surface area contributed by atoms with Gasteiger partial charge in [-0.15, -0.1) is 11.3 Å². The van der Waals surface area contributed by atoms with Gasteiger partial charge in [-0.05, 0) is 22.9 Å². The number of alkyl halides is 3. The summed E-state index contributed by atoms with van der Waals surface area (Å²) in [7, 11) is 0. The van der Waals surface area contributed by atoms with Gasteiger partial charge in [0.25, 0.3) is 5.91 Å². The van der Waals surface area contributed by atoms with Crippen molar-refractivity contribution in [1.82, 2.24) is 25.6 Å². The first-order valence-corrected chi connectivity index (χ1v) is 9.36. The van der Waals surface area contributed by atoms with Gasteiger partial charge in [0, 0.05) is 10.9 Å². The SMILES string of the molecule is O=CNNC(=O)c1csc(-n2nc(-c3ccc4ccccc4c3)cc2C(F)(F)F)n1. The van der Waals surface area contributed by atoms with Crippen LogP contribution in [0.3, 0.4) is 0 Å². The number of carbonyl (C=O) groups excluding carboxylic acids is 2. The van der Waals surface area contributed by atoms with E-state index in [0.717, 1.165) is 28.2 Å². The number of hydrazine groups is 1. The minimum Gasteiger partial charge on any atom is -0.277 e. The van der Waals surface area contributed by atoms with Gasteiger partial charge in [-0.1, -0.05) is 36.4 Å². The van der Waals surface area contributed by atoms with Crippen LogP contribution in [0.2, 0.25) is 0 Å². The molecule has 4 aromatic rings. The molecule has 0 fully saturated rings. The van der Waals surface area contributed by atoms with Crippen molar-refractivity contribution < 1.29 is 22.8 Å². The number of aromatic nitrogens is 3. The van der Waals surface area contributed by atoms with E-state index in [1.807, 2.05) is 41.2 Å². The Hall–Kier alpha value is -3.73. The lowest BCUT2D eigenvalue weighted by molar-refractivity contribution is -0.142. The number of thiazole rings is 1. The number of nitrogens with one attached hydrogen (secondary N) is 2. The molecule has 0 atom stereocenters. The standard InChI is InChI=1S/C19H12F3N5O2S/c20-19(21,22)16-8-14(13-6-5-11-3-1-2-4-12(11)7-13)26-27(16)18-24-15(9-30-18)17(29)25-23-10-28/h1-10H,(H,23,28)(H,25,29). The van der Waals surface area contributed by atoms with E-state index in [0.29, 0.717) is 10.2 Å². The van der Waals surface area contributed by atoms with Gasteiger partial charge in [0.15, 0.2) is 5.69 Å². The minimum atomic E-state index is -4.69. The van der Waals surface area contributed by atoms with Crippen LogP contribution >= 0.6 is 11.3 Å². The van der Waals surface area contributed by atoms with Gasteiger partial charge in [0.1, 0.15) is 5.69 Å².